The van der Waals surface area contributed by atoms with Gasteiger partial charge in [-0.25, -0.2) is 0 Å². The lowest BCUT2D eigenvalue weighted by Gasteiger charge is -2.10. The van der Waals surface area contributed by atoms with Crippen LogP contribution in [0, 0.1) is 13.8 Å². The molecule has 102 valence electrons. The summed E-state index contributed by atoms with van der Waals surface area (Å²) < 4.78 is 0. The summed E-state index contributed by atoms with van der Waals surface area (Å²) in [7, 11) is 0. The standard InChI is InChI=1S/C16H16N2O2/c1-11-7-6-10-14(12(11)2)18-16(20)15(19)17-13-8-4-3-5-9-13/h3-10H,1-2H3,(H,17,19)(H,18,20). The van der Waals surface area contributed by atoms with Crippen LogP contribution in [-0.4, -0.2) is 11.8 Å². The van der Waals surface area contributed by atoms with Crippen LogP contribution >= 0.6 is 0 Å². The number of nitrogens with one attached hydrogen (secondary N) is 2. The smallest absolute Gasteiger partial charge is 0.314 e. The Hall–Kier alpha value is -2.62. The minimum atomic E-state index is -0.683. The molecule has 2 amide bonds. The summed E-state index contributed by atoms with van der Waals surface area (Å²) in [5, 5.41) is 5.17. The molecule has 4 heteroatoms. The van der Waals surface area contributed by atoms with Crippen molar-refractivity contribution in [2.75, 3.05) is 10.6 Å². The highest BCUT2D eigenvalue weighted by atomic mass is 16.2. The molecule has 20 heavy (non-hydrogen) atoms. The molecule has 0 aliphatic rings. The third-order valence-corrected chi connectivity index (χ3v) is 3.09. The Balaban J connectivity index is 2.05. The van der Waals surface area contributed by atoms with Crippen molar-refractivity contribution in [1.82, 2.24) is 0 Å². The molecule has 0 bridgehead atoms. The van der Waals surface area contributed by atoms with Crippen LogP contribution in [0.1, 0.15) is 11.1 Å². The Kier molecular flexibility index (Phi) is 4.15. The molecule has 0 aliphatic carbocycles. The van der Waals surface area contributed by atoms with E-state index in [0.29, 0.717) is 11.4 Å². The summed E-state index contributed by atoms with van der Waals surface area (Å²) in [6.07, 6.45) is 0. The molecule has 0 heterocycles. The van der Waals surface area contributed by atoms with Crippen molar-refractivity contribution in [3.63, 3.8) is 0 Å². The maximum Gasteiger partial charge on any atom is 0.314 e. The zero-order valence-corrected chi connectivity index (χ0v) is 11.4. The van der Waals surface area contributed by atoms with Crippen LogP contribution in [0.2, 0.25) is 0 Å². The van der Waals surface area contributed by atoms with Gasteiger partial charge in [-0.05, 0) is 43.2 Å². The van der Waals surface area contributed by atoms with Crippen LogP contribution < -0.4 is 10.6 Å². The van der Waals surface area contributed by atoms with E-state index in [4.69, 9.17) is 0 Å². The second kappa shape index (κ2) is 6.02. The van der Waals surface area contributed by atoms with Crippen molar-refractivity contribution in [3.05, 3.63) is 59.7 Å². The number of carbonyl (C=O) groups is 2. The van der Waals surface area contributed by atoms with E-state index in [1.165, 1.54) is 0 Å². The first-order valence-electron chi connectivity index (χ1n) is 6.31. The van der Waals surface area contributed by atoms with E-state index in [1.54, 1.807) is 30.3 Å². The third-order valence-electron chi connectivity index (χ3n) is 3.09. The number of hydrogen-bond acceptors (Lipinski definition) is 2. The molecule has 0 aliphatic heterocycles. The first-order chi connectivity index (χ1) is 9.58. The largest absolute Gasteiger partial charge is 0.318 e. The molecule has 0 aromatic heterocycles. The number of amides is 2. The van der Waals surface area contributed by atoms with Gasteiger partial charge < -0.3 is 10.6 Å². The quantitative estimate of drug-likeness (QED) is 0.823. The molecular formula is C16H16N2O2. The van der Waals surface area contributed by atoms with E-state index in [2.05, 4.69) is 10.6 Å². The van der Waals surface area contributed by atoms with Gasteiger partial charge in [0.2, 0.25) is 0 Å². The van der Waals surface area contributed by atoms with E-state index >= 15 is 0 Å². The monoisotopic (exact) mass is 268 g/mol. The summed E-state index contributed by atoms with van der Waals surface area (Å²) >= 11 is 0. The molecule has 4 nitrogen and oxygen atoms in total. The van der Waals surface area contributed by atoms with E-state index in [-0.39, 0.29) is 0 Å². The third kappa shape index (κ3) is 3.23. The Labute approximate surface area is 117 Å². The molecular weight excluding hydrogens is 252 g/mol. The second-order valence-corrected chi connectivity index (χ2v) is 4.52. The van der Waals surface area contributed by atoms with Crippen LogP contribution in [0.5, 0.6) is 0 Å². The Morgan fingerprint density at radius 2 is 1.45 bits per heavy atom. The molecule has 0 saturated carbocycles. The molecule has 2 aromatic rings. The molecule has 0 spiro atoms. The van der Waals surface area contributed by atoms with Crippen LogP contribution in [-0.2, 0) is 9.59 Å². The fourth-order valence-electron chi connectivity index (χ4n) is 1.77. The number of anilines is 2. The predicted octanol–water partition coefficient (Wildman–Crippen LogP) is 2.88. The van der Waals surface area contributed by atoms with E-state index in [1.807, 2.05) is 32.0 Å². The van der Waals surface area contributed by atoms with Crippen molar-refractivity contribution in [1.29, 1.82) is 0 Å². The van der Waals surface area contributed by atoms with Crippen molar-refractivity contribution in [3.8, 4) is 0 Å². The average molecular weight is 268 g/mol. The molecule has 0 unspecified atom stereocenters. The van der Waals surface area contributed by atoms with Gasteiger partial charge in [0.05, 0.1) is 0 Å². The fourth-order valence-corrected chi connectivity index (χ4v) is 1.77. The van der Waals surface area contributed by atoms with Crippen LogP contribution in [0.25, 0.3) is 0 Å². The summed E-state index contributed by atoms with van der Waals surface area (Å²) in [5.74, 6) is -1.36. The molecule has 2 aromatic carbocycles. The lowest BCUT2D eigenvalue weighted by Crippen LogP contribution is -2.29. The normalized spacial score (nSPS) is 9.90. The number of benzene rings is 2. The molecule has 0 saturated heterocycles. The lowest BCUT2D eigenvalue weighted by molar-refractivity contribution is -0.133. The number of aryl methyl sites for hydroxylation is 1. The maximum atomic E-state index is 11.9. The number of rotatable bonds is 2. The van der Waals surface area contributed by atoms with Crippen molar-refractivity contribution in [2.45, 2.75) is 13.8 Å². The van der Waals surface area contributed by atoms with E-state index < -0.39 is 11.8 Å². The zero-order valence-electron chi connectivity index (χ0n) is 11.4. The number of hydrogen-bond donors (Lipinski definition) is 2. The molecule has 0 radical (unpaired) electrons. The SMILES string of the molecule is Cc1cccc(NC(=O)C(=O)Nc2ccccc2)c1C. The Morgan fingerprint density at radius 3 is 2.15 bits per heavy atom. The van der Waals surface area contributed by atoms with Gasteiger partial charge in [-0.3, -0.25) is 9.59 Å². The molecule has 2 rings (SSSR count). The Morgan fingerprint density at radius 1 is 0.800 bits per heavy atom. The van der Waals surface area contributed by atoms with Gasteiger partial charge in [-0.1, -0.05) is 30.3 Å². The highest BCUT2D eigenvalue weighted by Gasteiger charge is 2.15. The first-order valence-corrected chi connectivity index (χ1v) is 6.31. The molecule has 0 fully saturated rings. The van der Waals surface area contributed by atoms with E-state index in [0.717, 1.165) is 11.1 Å². The summed E-state index contributed by atoms with van der Waals surface area (Å²) in [6.45, 7) is 3.86. The summed E-state index contributed by atoms with van der Waals surface area (Å²) in [4.78, 5) is 23.6. The van der Waals surface area contributed by atoms with Crippen molar-refractivity contribution < 1.29 is 9.59 Å². The van der Waals surface area contributed by atoms with Crippen LogP contribution in [0.4, 0.5) is 11.4 Å². The van der Waals surface area contributed by atoms with Gasteiger partial charge in [0.25, 0.3) is 0 Å². The van der Waals surface area contributed by atoms with Gasteiger partial charge in [-0.15, -0.1) is 0 Å². The lowest BCUT2D eigenvalue weighted by atomic mass is 10.1. The van der Waals surface area contributed by atoms with Crippen LogP contribution in [0.3, 0.4) is 0 Å². The summed E-state index contributed by atoms with van der Waals surface area (Å²) in [5.41, 5.74) is 3.26. The van der Waals surface area contributed by atoms with Gasteiger partial charge in [0, 0.05) is 11.4 Å². The second-order valence-electron chi connectivity index (χ2n) is 4.52. The van der Waals surface area contributed by atoms with Gasteiger partial charge >= 0.3 is 11.8 Å². The average Bonchev–Trinajstić information content (AvgIpc) is 2.45. The fraction of sp³-hybridized carbons (Fsp3) is 0.125. The van der Waals surface area contributed by atoms with Crippen molar-refractivity contribution in [2.24, 2.45) is 0 Å². The van der Waals surface area contributed by atoms with E-state index in [9.17, 15) is 9.59 Å². The highest BCUT2D eigenvalue weighted by Crippen LogP contribution is 2.17. The Bertz CT molecular complexity index is 636. The van der Waals surface area contributed by atoms with Crippen molar-refractivity contribution >= 4 is 23.2 Å². The predicted molar refractivity (Wildman–Crippen MR) is 79.6 cm³/mol. The minimum absolute atomic E-state index is 0.591. The number of carbonyl (C=O) groups excluding carboxylic acids is 2. The summed E-state index contributed by atoms with van der Waals surface area (Å²) in [6, 6.07) is 14.4. The minimum Gasteiger partial charge on any atom is -0.318 e. The first kappa shape index (κ1) is 13.8. The topological polar surface area (TPSA) is 58.2 Å². The van der Waals surface area contributed by atoms with Gasteiger partial charge in [-0.2, -0.15) is 0 Å². The van der Waals surface area contributed by atoms with Gasteiger partial charge in [0.15, 0.2) is 0 Å². The van der Waals surface area contributed by atoms with Gasteiger partial charge in [0.1, 0.15) is 0 Å². The highest BCUT2D eigenvalue weighted by molar-refractivity contribution is 6.43. The number of para-hydroxylation sites is 1. The van der Waals surface area contributed by atoms with Crippen LogP contribution in [0.15, 0.2) is 48.5 Å². The molecule has 0 atom stereocenters. The molecule has 2 N–H and O–H groups in total. The zero-order chi connectivity index (χ0) is 14.5. The maximum absolute atomic E-state index is 11.9.